The van der Waals surface area contributed by atoms with Gasteiger partial charge in [-0.25, -0.2) is 0 Å². The van der Waals surface area contributed by atoms with Crippen LogP contribution < -0.4 is 5.32 Å². The second-order valence-corrected chi connectivity index (χ2v) is 4.91. The van der Waals surface area contributed by atoms with Crippen molar-refractivity contribution >= 4 is 23.2 Å². The van der Waals surface area contributed by atoms with E-state index in [1.807, 2.05) is 13.8 Å². The molecule has 2 aromatic rings. The quantitative estimate of drug-likeness (QED) is 0.816. The van der Waals surface area contributed by atoms with E-state index < -0.39 is 0 Å². The van der Waals surface area contributed by atoms with Crippen LogP contribution in [0.4, 0.5) is 5.69 Å². The number of hydrogen-bond acceptors (Lipinski definition) is 2. The van der Waals surface area contributed by atoms with E-state index in [-0.39, 0.29) is 11.7 Å². The molecule has 2 rings (SSSR count). The molecule has 0 unspecified atom stereocenters. The summed E-state index contributed by atoms with van der Waals surface area (Å²) < 4.78 is 0. The molecule has 4 heteroatoms. The second kappa shape index (κ2) is 5.33. The first-order valence-corrected chi connectivity index (χ1v) is 6.21. The van der Waals surface area contributed by atoms with Gasteiger partial charge >= 0.3 is 0 Å². The number of aryl methyl sites for hydroxylation is 2. The summed E-state index contributed by atoms with van der Waals surface area (Å²) in [6.07, 6.45) is 0. The van der Waals surface area contributed by atoms with Gasteiger partial charge in [0.25, 0.3) is 5.91 Å². The van der Waals surface area contributed by atoms with Gasteiger partial charge in [0.1, 0.15) is 5.75 Å². The maximum atomic E-state index is 12.1. The van der Waals surface area contributed by atoms with Crippen LogP contribution in [0, 0.1) is 13.8 Å². The fourth-order valence-corrected chi connectivity index (χ4v) is 2.14. The van der Waals surface area contributed by atoms with Gasteiger partial charge in [-0.05, 0) is 61.4 Å². The number of phenolic OH excluding ortho intramolecular Hbond substituents is 1. The zero-order valence-electron chi connectivity index (χ0n) is 10.7. The van der Waals surface area contributed by atoms with Gasteiger partial charge < -0.3 is 10.4 Å². The fraction of sp³-hybridized carbons (Fsp3) is 0.133. The highest BCUT2D eigenvalue weighted by atomic mass is 35.5. The van der Waals surface area contributed by atoms with Crippen LogP contribution in [-0.4, -0.2) is 11.0 Å². The summed E-state index contributed by atoms with van der Waals surface area (Å²) in [6.45, 7) is 3.70. The molecular weight excluding hydrogens is 262 g/mol. The minimum Gasteiger partial charge on any atom is -0.508 e. The summed E-state index contributed by atoms with van der Waals surface area (Å²) >= 11 is 5.94. The number of nitrogens with one attached hydrogen (secondary N) is 1. The van der Waals surface area contributed by atoms with Gasteiger partial charge in [0.15, 0.2) is 0 Å². The van der Waals surface area contributed by atoms with E-state index in [0.29, 0.717) is 16.3 Å². The van der Waals surface area contributed by atoms with Crippen LogP contribution in [0.1, 0.15) is 21.5 Å². The van der Waals surface area contributed by atoms with Gasteiger partial charge in [-0.15, -0.1) is 0 Å². The van der Waals surface area contributed by atoms with Crippen molar-refractivity contribution in [1.82, 2.24) is 0 Å². The van der Waals surface area contributed by atoms with E-state index in [1.165, 1.54) is 6.07 Å². The normalized spacial score (nSPS) is 10.3. The molecule has 0 fully saturated rings. The third kappa shape index (κ3) is 3.26. The molecule has 0 saturated heterocycles. The zero-order valence-corrected chi connectivity index (χ0v) is 11.5. The van der Waals surface area contributed by atoms with Gasteiger partial charge in [0.05, 0.1) is 0 Å². The summed E-state index contributed by atoms with van der Waals surface area (Å²) in [4.78, 5) is 12.1. The lowest BCUT2D eigenvalue weighted by Crippen LogP contribution is -2.12. The van der Waals surface area contributed by atoms with Crippen LogP contribution >= 0.6 is 11.6 Å². The standard InChI is InChI=1S/C15H14ClNO2/c1-9-5-11(8-12(16)6-9)15(19)17-14-4-3-13(18)7-10(14)2/h3-8,18H,1-2H3,(H,17,19). The Bertz CT molecular complexity index is 618. The number of rotatable bonds is 2. The molecule has 0 heterocycles. The topological polar surface area (TPSA) is 49.3 Å². The van der Waals surface area contributed by atoms with E-state index >= 15 is 0 Å². The third-order valence-electron chi connectivity index (χ3n) is 2.76. The lowest BCUT2D eigenvalue weighted by Gasteiger charge is -2.09. The van der Waals surface area contributed by atoms with Crippen molar-refractivity contribution in [3.63, 3.8) is 0 Å². The van der Waals surface area contributed by atoms with Crippen molar-refractivity contribution in [2.75, 3.05) is 5.32 Å². The molecule has 0 bridgehead atoms. The highest BCUT2D eigenvalue weighted by molar-refractivity contribution is 6.31. The predicted octanol–water partition coefficient (Wildman–Crippen LogP) is 3.91. The average molecular weight is 276 g/mol. The average Bonchev–Trinajstić information content (AvgIpc) is 2.31. The molecule has 1 amide bonds. The first-order valence-electron chi connectivity index (χ1n) is 5.84. The Balaban J connectivity index is 2.25. The fourth-order valence-electron chi connectivity index (χ4n) is 1.85. The Morgan fingerprint density at radius 1 is 1.16 bits per heavy atom. The van der Waals surface area contributed by atoms with E-state index in [0.717, 1.165) is 11.1 Å². The molecule has 98 valence electrons. The number of carbonyl (C=O) groups is 1. The van der Waals surface area contributed by atoms with Crippen LogP contribution in [0.2, 0.25) is 5.02 Å². The lowest BCUT2D eigenvalue weighted by molar-refractivity contribution is 0.102. The number of anilines is 1. The number of phenols is 1. The second-order valence-electron chi connectivity index (χ2n) is 4.47. The summed E-state index contributed by atoms with van der Waals surface area (Å²) in [5, 5.41) is 12.7. The summed E-state index contributed by atoms with van der Waals surface area (Å²) in [5.74, 6) is -0.0477. The van der Waals surface area contributed by atoms with E-state index in [2.05, 4.69) is 5.32 Å². The van der Waals surface area contributed by atoms with E-state index in [4.69, 9.17) is 11.6 Å². The van der Waals surface area contributed by atoms with Crippen LogP contribution in [0.3, 0.4) is 0 Å². The van der Waals surface area contributed by atoms with Gasteiger partial charge in [-0.1, -0.05) is 11.6 Å². The maximum Gasteiger partial charge on any atom is 0.255 e. The predicted molar refractivity (Wildman–Crippen MR) is 77.0 cm³/mol. The number of halogens is 1. The smallest absolute Gasteiger partial charge is 0.255 e. The number of amides is 1. The van der Waals surface area contributed by atoms with Crippen LogP contribution in [0.15, 0.2) is 36.4 Å². The first-order chi connectivity index (χ1) is 8.95. The molecule has 0 aliphatic heterocycles. The molecule has 0 aliphatic carbocycles. The molecule has 0 spiro atoms. The van der Waals surface area contributed by atoms with Crippen LogP contribution in [0.25, 0.3) is 0 Å². The van der Waals surface area contributed by atoms with Crippen molar-refractivity contribution in [1.29, 1.82) is 0 Å². The first kappa shape index (κ1) is 13.4. The summed E-state index contributed by atoms with van der Waals surface area (Å²) in [7, 11) is 0. The van der Waals surface area contributed by atoms with E-state index in [9.17, 15) is 9.90 Å². The van der Waals surface area contributed by atoms with E-state index in [1.54, 1.807) is 30.3 Å². The number of hydrogen-bond donors (Lipinski definition) is 2. The van der Waals surface area contributed by atoms with Crippen molar-refractivity contribution < 1.29 is 9.90 Å². The minimum atomic E-state index is -0.223. The Morgan fingerprint density at radius 3 is 2.53 bits per heavy atom. The number of benzene rings is 2. The molecule has 0 radical (unpaired) electrons. The highest BCUT2D eigenvalue weighted by Gasteiger charge is 2.09. The molecule has 19 heavy (non-hydrogen) atoms. The Kier molecular flexibility index (Phi) is 3.76. The summed E-state index contributed by atoms with van der Waals surface area (Å²) in [5.41, 5.74) is 2.91. The number of aromatic hydroxyl groups is 1. The van der Waals surface area contributed by atoms with Gasteiger partial charge in [-0.2, -0.15) is 0 Å². The van der Waals surface area contributed by atoms with Crippen molar-refractivity contribution in [2.24, 2.45) is 0 Å². The maximum absolute atomic E-state index is 12.1. The van der Waals surface area contributed by atoms with Crippen LogP contribution in [-0.2, 0) is 0 Å². The minimum absolute atomic E-state index is 0.175. The molecule has 2 aromatic carbocycles. The van der Waals surface area contributed by atoms with Crippen molar-refractivity contribution in [3.8, 4) is 5.75 Å². The molecule has 0 saturated carbocycles. The van der Waals surface area contributed by atoms with Gasteiger partial charge in [0, 0.05) is 16.3 Å². The Morgan fingerprint density at radius 2 is 1.89 bits per heavy atom. The van der Waals surface area contributed by atoms with Gasteiger partial charge in [0.2, 0.25) is 0 Å². The van der Waals surface area contributed by atoms with Crippen molar-refractivity contribution in [3.05, 3.63) is 58.1 Å². The molecule has 0 aliphatic rings. The van der Waals surface area contributed by atoms with Crippen LogP contribution in [0.5, 0.6) is 5.75 Å². The molecular formula is C15H14ClNO2. The highest BCUT2D eigenvalue weighted by Crippen LogP contribution is 2.21. The van der Waals surface area contributed by atoms with Crippen molar-refractivity contribution in [2.45, 2.75) is 13.8 Å². The lowest BCUT2D eigenvalue weighted by atomic mass is 10.1. The van der Waals surface area contributed by atoms with Gasteiger partial charge in [-0.3, -0.25) is 4.79 Å². The monoisotopic (exact) mass is 275 g/mol. The number of carbonyl (C=O) groups excluding carboxylic acids is 1. The molecule has 0 atom stereocenters. The largest absolute Gasteiger partial charge is 0.508 e. The molecule has 3 nitrogen and oxygen atoms in total. The zero-order chi connectivity index (χ0) is 14.0. The molecule has 2 N–H and O–H groups in total. The molecule has 0 aromatic heterocycles. The summed E-state index contributed by atoms with van der Waals surface area (Å²) in [6, 6.07) is 9.99. The Hall–Kier alpha value is -2.00. The Labute approximate surface area is 116 Å². The third-order valence-corrected chi connectivity index (χ3v) is 2.98. The SMILES string of the molecule is Cc1cc(Cl)cc(C(=O)Nc2ccc(O)cc2C)c1.